The van der Waals surface area contributed by atoms with E-state index in [0.29, 0.717) is 75.9 Å². The molecule has 0 saturated heterocycles. The van der Waals surface area contributed by atoms with Gasteiger partial charge in [-0.05, 0) is 55.0 Å². The summed E-state index contributed by atoms with van der Waals surface area (Å²) in [5.41, 5.74) is 1.97. The Morgan fingerprint density at radius 2 is 1.47 bits per heavy atom. The number of carbonyl (C=O) groups is 10. The lowest BCUT2D eigenvalue weighted by molar-refractivity contribution is -0.172. The molecule has 0 fully saturated rings. The van der Waals surface area contributed by atoms with Crippen LogP contribution in [0.1, 0.15) is 78.1 Å². The second-order valence-corrected chi connectivity index (χ2v) is 20.4. The van der Waals surface area contributed by atoms with Crippen molar-refractivity contribution >= 4 is 70.0 Å². The highest BCUT2D eigenvalue weighted by molar-refractivity contribution is 6.12. The first kappa shape index (κ1) is 62.4. The number of aromatic nitrogens is 5. The van der Waals surface area contributed by atoms with E-state index in [0.717, 1.165) is 4.90 Å². The molecule has 0 bridgehead atoms. The molecule has 9 amide bonds. The number of halogens is 1. The molecule has 3 aliphatic heterocycles. The van der Waals surface area contributed by atoms with Gasteiger partial charge in [-0.3, -0.25) is 52.8 Å². The number of cyclic esters (lactones) is 1. The van der Waals surface area contributed by atoms with E-state index in [1.807, 2.05) is 0 Å². The van der Waals surface area contributed by atoms with Gasteiger partial charge in [-0.15, -0.1) is 5.10 Å². The third-order valence-corrected chi connectivity index (χ3v) is 14.4. The number of rotatable bonds is 30. The summed E-state index contributed by atoms with van der Waals surface area (Å²) in [4.78, 5) is 144. The molecule has 0 unspecified atom stereocenters. The molecule has 0 spiro atoms. The van der Waals surface area contributed by atoms with Gasteiger partial charge in [0.25, 0.3) is 17.4 Å². The minimum Gasteiger partial charge on any atom is -0.458 e. The van der Waals surface area contributed by atoms with E-state index in [1.54, 1.807) is 67.2 Å². The first-order chi connectivity index (χ1) is 41.3. The zero-order valence-corrected chi connectivity index (χ0v) is 47.1. The first-order valence-corrected chi connectivity index (χ1v) is 27.6. The number of imide groups is 1. The molecule has 5 aromatic rings. The predicted molar refractivity (Wildman–Crippen MR) is 298 cm³/mol. The molecule has 2 atom stereocenters. The molecule has 0 aliphatic carbocycles. The fourth-order valence-corrected chi connectivity index (χ4v) is 9.66. The van der Waals surface area contributed by atoms with Gasteiger partial charge in [-0.2, -0.15) is 0 Å². The standard InChI is InChI=1S/C57H64FN13O15/c1-3-57(83)40-20-44-53-38(28-71(44)55(81)39(40)29-86-56(57)82)37(36-18-33(2)41(58)21-42(36)66-53)27-69-26-35(67-68-69)15-17-84-31-63-47(74)23-61-50(77)30-85-32-64-48(75)24-62-54(80)43(19-34-10-6-4-7-11-34)65-49(76)25-60-46(73)22-59-45(72)12-8-5-9-16-70-51(78)13-14-52(70)79/h4,6-7,10-11,13-14,18,20-21,26,43,83H,3,5,8-9,12,15-17,19,22-25,27-32H2,1-2H3,(H,59,72)(H,60,73)(H,61,77)(H,62,80)(H,63,74)(H,64,75)(H,65,76)/t43-,57-/m0/s1. The van der Waals surface area contributed by atoms with E-state index < -0.39 is 110 Å². The number of carbonyl (C=O) groups excluding carboxylic acids is 10. The number of aliphatic hydroxyl groups is 1. The molecule has 28 nitrogen and oxygen atoms in total. The van der Waals surface area contributed by atoms with Gasteiger partial charge in [0.05, 0.1) is 74.0 Å². The predicted octanol–water partition coefficient (Wildman–Crippen LogP) is -1.43. The van der Waals surface area contributed by atoms with Crippen LogP contribution in [0.3, 0.4) is 0 Å². The minimum atomic E-state index is -2.02. The Hall–Kier alpha value is -9.61. The number of esters is 1. The van der Waals surface area contributed by atoms with Gasteiger partial charge in [0.15, 0.2) is 5.60 Å². The highest BCUT2D eigenvalue weighted by Crippen LogP contribution is 2.41. The van der Waals surface area contributed by atoms with E-state index >= 15 is 0 Å². The molecule has 8 rings (SSSR count). The van der Waals surface area contributed by atoms with Gasteiger partial charge in [0.1, 0.15) is 38.5 Å². The summed E-state index contributed by atoms with van der Waals surface area (Å²) >= 11 is 0. The van der Waals surface area contributed by atoms with Crippen LogP contribution < -0.4 is 42.8 Å². The molecular weight excluding hydrogens is 1130 g/mol. The number of unbranched alkanes of at least 4 members (excludes halogenated alkanes) is 2. The van der Waals surface area contributed by atoms with Crippen molar-refractivity contribution in [2.45, 2.75) is 90.1 Å². The highest BCUT2D eigenvalue weighted by atomic mass is 19.1. The number of aryl methyl sites for hydroxylation is 1. The van der Waals surface area contributed by atoms with Crippen molar-refractivity contribution in [1.82, 2.24) is 66.7 Å². The van der Waals surface area contributed by atoms with Crippen LogP contribution in [0.15, 0.2) is 71.7 Å². The fraction of sp³-hybridized carbons (Fsp3) is 0.404. The Bertz CT molecular complexity index is 3530. The molecule has 29 heteroatoms. The van der Waals surface area contributed by atoms with E-state index in [9.17, 15) is 62.2 Å². The molecule has 86 heavy (non-hydrogen) atoms. The van der Waals surface area contributed by atoms with Crippen molar-refractivity contribution in [3.63, 3.8) is 0 Å². The lowest BCUT2D eigenvalue weighted by Gasteiger charge is -2.31. The number of pyridine rings is 2. The summed E-state index contributed by atoms with van der Waals surface area (Å²) in [6.45, 7) is 0.545. The fourth-order valence-electron chi connectivity index (χ4n) is 9.66. The maximum absolute atomic E-state index is 15.0. The Morgan fingerprint density at radius 1 is 0.791 bits per heavy atom. The second kappa shape index (κ2) is 28.8. The van der Waals surface area contributed by atoms with Crippen LogP contribution in [0, 0.1) is 12.7 Å². The number of amides is 9. The molecule has 3 aliphatic rings. The smallest absolute Gasteiger partial charge is 0.343 e. The van der Waals surface area contributed by atoms with Crippen molar-refractivity contribution in [2.24, 2.45) is 0 Å². The number of fused-ring (bicyclic) bond motifs is 5. The summed E-state index contributed by atoms with van der Waals surface area (Å²) in [5.74, 6) is -6.52. The molecule has 6 heterocycles. The van der Waals surface area contributed by atoms with Crippen LogP contribution in [-0.4, -0.2) is 159 Å². The van der Waals surface area contributed by atoms with Crippen molar-refractivity contribution in [2.75, 3.05) is 59.4 Å². The largest absolute Gasteiger partial charge is 0.458 e. The van der Waals surface area contributed by atoms with E-state index in [2.05, 4.69) is 47.5 Å². The third kappa shape index (κ3) is 15.8. The van der Waals surface area contributed by atoms with Crippen LogP contribution >= 0.6 is 0 Å². The minimum absolute atomic E-state index is 0.0277. The van der Waals surface area contributed by atoms with Gasteiger partial charge < -0.3 is 61.1 Å². The zero-order valence-electron chi connectivity index (χ0n) is 47.1. The number of nitrogens with one attached hydrogen (secondary N) is 7. The maximum Gasteiger partial charge on any atom is 0.343 e. The van der Waals surface area contributed by atoms with Crippen LogP contribution in [0.4, 0.5) is 4.39 Å². The number of nitrogens with zero attached hydrogens (tertiary/aromatic N) is 6. The third-order valence-electron chi connectivity index (χ3n) is 14.4. The second-order valence-electron chi connectivity index (χ2n) is 20.4. The lowest BCUT2D eigenvalue weighted by Crippen LogP contribution is -2.52. The Labute approximate surface area is 489 Å². The van der Waals surface area contributed by atoms with Crippen molar-refractivity contribution in [1.29, 1.82) is 0 Å². The van der Waals surface area contributed by atoms with E-state index in [-0.39, 0.29) is 81.8 Å². The lowest BCUT2D eigenvalue weighted by atomic mass is 9.86. The van der Waals surface area contributed by atoms with Gasteiger partial charge in [0.2, 0.25) is 41.4 Å². The first-order valence-electron chi connectivity index (χ1n) is 27.6. The summed E-state index contributed by atoms with van der Waals surface area (Å²) in [5, 5.41) is 37.6. The molecule has 0 saturated carbocycles. The number of ether oxygens (including phenoxy) is 3. The summed E-state index contributed by atoms with van der Waals surface area (Å²) < 4.78 is 34.0. The molecule has 3 aromatic heterocycles. The van der Waals surface area contributed by atoms with Crippen LogP contribution in [-0.2, 0) is 100 Å². The zero-order chi connectivity index (χ0) is 61.5. The Balaban J connectivity index is 0.697. The van der Waals surface area contributed by atoms with Crippen molar-refractivity contribution in [3.8, 4) is 11.4 Å². The Kier molecular flexibility index (Phi) is 20.9. The van der Waals surface area contributed by atoms with Crippen LogP contribution in [0.25, 0.3) is 22.3 Å². The Morgan fingerprint density at radius 3 is 2.20 bits per heavy atom. The molecule has 454 valence electrons. The molecular formula is C57H64FN13O15. The van der Waals surface area contributed by atoms with Crippen molar-refractivity contribution < 1.29 is 71.7 Å². The summed E-state index contributed by atoms with van der Waals surface area (Å²) in [6, 6.07) is 12.1. The van der Waals surface area contributed by atoms with Gasteiger partial charge in [-0.1, -0.05) is 48.9 Å². The van der Waals surface area contributed by atoms with Crippen LogP contribution in [0.5, 0.6) is 0 Å². The van der Waals surface area contributed by atoms with Gasteiger partial charge >= 0.3 is 5.97 Å². The molecule has 0 radical (unpaired) electrons. The number of hydrogen-bond donors (Lipinski definition) is 8. The monoisotopic (exact) mass is 1190 g/mol. The number of benzene rings is 2. The normalized spacial score (nSPS) is 15.1. The van der Waals surface area contributed by atoms with Gasteiger partial charge in [-0.25, -0.2) is 18.9 Å². The average Bonchev–Trinajstić information content (AvgIpc) is 1.54. The number of hydrogen-bond acceptors (Lipinski definition) is 18. The SMILES string of the molecule is CC[C@@]1(O)C(=O)OCc2c1cc1n(c2=O)Cc2c-1nc1cc(F)c(C)cc1c2Cn1cc(CCOCNC(=O)CNC(=O)COCNC(=O)CNC(=O)[C@H](Cc2ccccc2)NC(=O)CNC(=O)CNC(=O)CCCCCN2C(=O)C=CC2=O)nn1. The summed E-state index contributed by atoms with van der Waals surface area (Å²) in [7, 11) is 0. The quantitative estimate of drug-likeness (QED) is 0.0111. The molecule has 8 N–H and O–H groups in total. The van der Waals surface area contributed by atoms with Gasteiger partial charge in [0, 0.05) is 66.7 Å². The van der Waals surface area contributed by atoms with E-state index in [4.69, 9.17) is 19.2 Å². The highest BCUT2D eigenvalue weighted by Gasteiger charge is 2.45. The van der Waals surface area contributed by atoms with E-state index in [1.165, 1.54) is 22.8 Å². The maximum atomic E-state index is 15.0. The average molecular weight is 1190 g/mol. The topological polar surface area (TPSA) is 372 Å². The summed E-state index contributed by atoms with van der Waals surface area (Å²) in [6.07, 6.45) is 6.05. The van der Waals surface area contributed by atoms with Crippen LogP contribution in [0.2, 0.25) is 0 Å². The molecule has 2 aromatic carbocycles. The van der Waals surface area contributed by atoms with Crippen molar-refractivity contribution in [3.05, 3.63) is 122 Å².